The first-order valence-electron chi connectivity index (χ1n) is 13.9. The number of halogens is 3. The lowest BCUT2D eigenvalue weighted by molar-refractivity contribution is -0.145. The first kappa shape index (κ1) is 25.4. The summed E-state index contributed by atoms with van der Waals surface area (Å²) >= 11 is 1.55. The van der Waals surface area contributed by atoms with Crippen molar-refractivity contribution in [1.82, 2.24) is 15.0 Å². The Labute approximate surface area is 252 Å². The minimum atomic E-state index is -4.71. The summed E-state index contributed by atoms with van der Waals surface area (Å²) in [5, 5.41) is 8.79. The highest BCUT2D eigenvalue weighted by atomic mass is 32.2. The minimum Gasteiger partial charge on any atom is -0.456 e. The van der Waals surface area contributed by atoms with Crippen LogP contribution in [-0.2, 0) is 6.18 Å². The van der Waals surface area contributed by atoms with Crippen LogP contribution in [-0.4, -0.2) is 15.0 Å². The molecule has 0 bridgehead atoms. The summed E-state index contributed by atoms with van der Waals surface area (Å²) in [7, 11) is 0. The van der Waals surface area contributed by atoms with Crippen molar-refractivity contribution < 1.29 is 17.6 Å². The number of aromatic nitrogens is 3. The quantitative estimate of drug-likeness (QED) is 0.175. The van der Waals surface area contributed by atoms with E-state index in [1.54, 1.807) is 16.7 Å². The van der Waals surface area contributed by atoms with Gasteiger partial charge in [-0.15, -0.1) is 0 Å². The molecule has 0 radical (unpaired) electrons. The first-order valence-corrected chi connectivity index (χ1v) is 14.8. The molecule has 8 aromatic rings. The maximum absolute atomic E-state index is 13.8. The maximum atomic E-state index is 13.8. The third-order valence-corrected chi connectivity index (χ3v) is 9.28. The molecule has 9 rings (SSSR count). The van der Waals surface area contributed by atoms with Crippen molar-refractivity contribution in [3.8, 4) is 0 Å². The van der Waals surface area contributed by atoms with Crippen LogP contribution in [0.4, 0.5) is 30.5 Å². The smallest absolute Gasteiger partial charge is 0.451 e. The highest BCUT2D eigenvalue weighted by molar-refractivity contribution is 7.99. The van der Waals surface area contributed by atoms with Gasteiger partial charge in [0.2, 0.25) is 11.8 Å². The molecule has 0 spiro atoms. The van der Waals surface area contributed by atoms with Gasteiger partial charge in [-0.3, -0.25) is 4.90 Å². The molecular weight excluding hydrogens is 581 g/mol. The van der Waals surface area contributed by atoms with Crippen LogP contribution in [0.5, 0.6) is 0 Å². The fraction of sp³-hybridized carbons (Fsp3) is 0.0571. The van der Waals surface area contributed by atoms with Crippen molar-refractivity contribution in [2.75, 3.05) is 4.90 Å². The van der Waals surface area contributed by atoms with E-state index in [0.29, 0.717) is 17.0 Å². The van der Waals surface area contributed by atoms with Gasteiger partial charge in [-0.25, -0.2) is 4.98 Å². The fourth-order valence-corrected chi connectivity index (χ4v) is 7.41. The Balaban J connectivity index is 1.33. The lowest BCUT2D eigenvalue weighted by atomic mass is 9.93. The number of hydrogen-bond donors (Lipinski definition) is 0. The van der Waals surface area contributed by atoms with Crippen molar-refractivity contribution in [3.05, 3.63) is 109 Å². The molecule has 0 atom stereocenters. The van der Waals surface area contributed by atoms with Gasteiger partial charge >= 0.3 is 6.18 Å². The summed E-state index contributed by atoms with van der Waals surface area (Å²) in [6, 6.07) is 32.6. The summed E-state index contributed by atoms with van der Waals surface area (Å²) < 4.78 is 47.8. The lowest BCUT2D eigenvalue weighted by Crippen LogP contribution is -2.21. The van der Waals surface area contributed by atoms with Crippen molar-refractivity contribution in [3.63, 3.8) is 0 Å². The Kier molecular flexibility index (Phi) is 5.15. The lowest BCUT2D eigenvalue weighted by Gasteiger charge is -2.31. The molecule has 0 aliphatic carbocycles. The van der Waals surface area contributed by atoms with Crippen molar-refractivity contribution in [2.45, 2.75) is 22.9 Å². The van der Waals surface area contributed by atoms with E-state index >= 15 is 0 Å². The SMILES string of the molecule is Cc1nc(N2c3ccccc3Sc3cc4c(cc32)oc2cc3c5ccccc5c5ccccc5c3cc24)nc(C(F)(F)F)n1. The van der Waals surface area contributed by atoms with Crippen molar-refractivity contribution >= 4 is 83.3 Å². The van der Waals surface area contributed by atoms with Crippen molar-refractivity contribution in [1.29, 1.82) is 0 Å². The number of rotatable bonds is 1. The molecular formula is C35H19F3N4OS. The number of hydrogen-bond acceptors (Lipinski definition) is 6. The first-order chi connectivity index (χ1) is 21.3. The number of nitrogens with zero attached hydrogens (tertiary/aromatic N) is 4. The standard InChI is InChI=1S/C35H19F3N4OS/c1-18-39-33(35(36,37)38)41-34(40-18)42-27-12-6-7-13-31(27)44-32-16-26-25-14-23-21-10-4-2-8-19(21)20-9-3-5-11-22(20)24(23)15-29(25)43-30(26)17-28(32)42/h2-17H,1H3. The molecule has 9 heteroatoms. The van der Waals surface area contributed by atoms with E-state index in [-0.39, 0.29) is 11.8 Å². The predicted octanol–water partition coefficient (Wildman–Crippen LogP) is 10.5. The average molecular weight is 601 g/mol. The third-order valence-electron chi connectivity index (χ3n) is 8.17. The Morgan fingerprint density at radius 2 is 1.18 bits per heavy atom. The minimum absolute atomic E-state index is 0.0180. The molecule has 44 heavy (non-hydrogen) atoms. The van der Waals surface area contributed by atoms with Crippen molar-refractivity contribution in [2.24, 2.45) is 0 Å². The predicted molar refractivity (Wildman–Crippen MR) is 168 cm³/mol. The van der Waals surface area contributed by atoms with E-state index in [1.165, 1.54) is 17.7 Å². The molecule has 3 heterocycles. The summed E-state index contributed by atoms with van der Waals surface area (Å²) in [5.74, 6) is -1.35. The van der Waals surface area contributed by atoms with Gasteiger partial charge in [-0.1, -0.05) is 72.4 Å². The van der Waals surface area contributed by atoms with Gasteiger partial charge in [0.25, 0.3) is 0 Å². The van der Waals surface area contributed by atoms with E-state index < -0.39 is 12.0 Å². The Morgan fingerprint density at radius 1 is 0.591 bits per heavy atom. The number of anilines is 3. The average Bonchev–Trinajstić information content (AvgIpc) is 3.37. The second kappa shape index (κ2) is 8.93. The summed E-state index contributed by atoms with van der Waals surface area (Å²) in [6.07, 6.45) is -4.71. The molecule has 0 N–H and O–H groups in total. The van der Waals surface area contributed by atoms with Crippen LogP contribution in [0, 0.1) is 6.92 Å². The van der Waals surface area contributed by atoms with Crippen LogP contribution in [0.2, 0.25) is 0 Å². The van der Waals surface area contributed by atoms with Crippen LogP contribution in [0.1, 0.15) is 11.6 Å². The van der Waals surface area contributed by atoms with Crippen LogP contribution in [0.3, 0.4) is 0 Å². The van der Waals surface area contributed by atoms with Crippen LogP contribution in [0.15, 0.2) is 111 Å². The van der Waals surface area contributed by atoms with Gasteiger partial charge < -0.3 is 4.42 Å². The molecule has 6 aromatic carbocycles. The van der Waals surface area contributed by atoms with Gasteiger partial charge in [-0.2, -0.15) is 23.1 Å². The molecule has 0 saturated carbocycles. The van der Waals surface area contributed by atoms with Crippen LogP contribution >= 0.6 is 11.8 Å². The highest BCUT2D eigenvalue weighted by Crippen LogP contribution is 2.53. The molecule has 0 amide bonds. The topological polar surface area (TPSA) is 55.1 Å². The van der Waals surface area contributed by atoms with Gasteiger partial charge in [0.1, 0.15) is 17.0 Å². The largest absolute Gasteiger partial charge is 0.456 e. The molecule has 1 aliphatic rings. The van der Waals surface area contributed by atoms with Crippen LogP contribution in [0.25, 0.3) is 54.3 Å². The number of para-hydroxylation sites is 1. The molecule has 0 saturated heterocycles. The number of fused-ring (bicyclic) bond motifs is 11. The van der Waals surface area contributed by atoms with E-state index in [0.717, 1.165) is 47.7 Å². The van der Waals surface area contributed by atoms with E-state index in [4.69, 9.17) is 4.42 Å². The molecule has 5 nitrogen and oxygen atoms in total. The number of benzene rings is 6. The van der Waals surface area contributed by atoms with Gasteiger partial charge in [0.05, 0.1) is 11.4 Å². The van der Waals surface area contributed by atoms with Gasteiger partial charge in [-0.05, 0) is 69.6 Å². The zero-order valence-corrected chi connectivity index (χ0v) is 23.8. The second-order valence-electron chi connectivity index (χ2n) is 10.8. The van der Waals surface area contributed by atoms with E-state index in [1.807, 2.05) is 36.4 Å². The fourth-order valence-electron chi connectivity index (χ4n) is 6.33. The Bertz CT molecular complexity index is 2510. The third kappa shape index (κ3) is 3.65. The van der Waals surface area contributed by atoms with Gasteiger partial charge in [0, 0.05) is 26.6 Å². The summed E-state index contributed by atoms with van der Waals surface area (Å²) in [4.78, 5) is 15.2. The highest BCUT2D eigenvalue weighted by Gasteiger charge is 2.37. The number of aryl methyl sites for hydroxylation is 1. The molecule has 1 aliphatic heterocycles. The molecule has 0 unspecified atom stereocenters. The van der Waals surface area contributed by atoms with Gasteiger partial charge in [0.15, 0.2) is 0 Å². The Morgan fingerprint density at radius 3 is 1.89 bits per heavy atom. The van der Waals surface area contributed by atoms with E-state index in [9.17, 15) is 13.2 Å². The molecule has 2 aromatic heterocycles. The zero-order chi connectivity index (χ0) is 29.7. The zero-order valence-electron chi connectivity index (χ0n) is 23.0. The number of furan rings is 1. The summed E-state index contributed by atoms with van der Waals surface area (Å²) in [6.45, 7) is 1.44. The van der Waals surface area contributed by atoms with E-state index in [2.05, 4.69) is 75.6 Å². The van der Waals surface area contributed by atoms with Crippen LogP contribution < -0.4 is 4.90 Å². The number of alkyl halides is 3. The Hall–Kier alpha value is -5.15. The summed E-state index contributed by atoms with van der Waals surface area (Å²) in [5.41, 5.74) is 2.68. The molecule has 0 fully saturated rings. The normalized spacial score (nSPS) is 13.3. The monoisotopic (exact) mass is 600 g/mol. The second-order valence-corrected chi connectivity index (χ2v) is 11.9. The molecule has 212 valence electrons. The maximum Gasteiger partial charge on any atom is 0.451 e.